The lowest BCUT2D eigenvalue weighted by Crippen LogP contribution is -2.39. The van der Waals surface area contributed by atoms with Crippen molar-refractivity contribution < 1.29 is 9.53 Å². The maximum absolute atomic E-state index is 12.6. The molecule has 0 N–H and O–H groups in total. The van der Waals surface area contributed by atoms with Gasteiger partial charge in [-0.2, -0.15) is 0 Å². The van der Waals surface area contributed by atoms with Crippen LogP contribution in [0.2, 0.25) is 0 Å². The monoisotopic (exact) mass is 494 g/mol. The zero-order valence-electron chi connectivity index (χ0n) is 17.3. The Balaban J connectivity index is 1.56. The zero-order valence-corrected chi connectivity index (χ0v) is 19.7. The summed E-state index contributed by atoms with van der Waals surface area (Å²) in [7, 11) is 3.29. The number of imidazole rings is 1. The van der Waals surface area contributed by atoms with E-state index in [0.717, 1.165) is 25.1 Å². The summed E-state index contributed by atoms with van der Waals surface area (Å²) in [5.41, 5.74) is 2.08. The number of thioether (sulfide) groups is 1. The van der Waals surface area contributed by atoms with Crippen molar-refractivity contribution in [2.24, 2.45) is 14.1 Å². The number of benzene rings is 1. The van der Waals surface area contributed by atoms with Crippen molar-refractivity contribution in [2.75, 3.05) is 12.4 Å². The molecule has 3 rings (SSSR count). The van der Waals surface area contributed by atoms with Gasteiger partial charge in [0.2, 0.25) is 0 Å². The molecule has 0 aliphatic rings. The number of esters is 1. The maximum atomic E-state index is 12.6. The molecule has 0 unspecified atom stereocenters. The van der Waals surface area contributed by atoms with E-state index < -0.39 is 11.2 Å². The first kappa shape index (κ1) is 22.4. The van der Waals surface area contributed by atoms with Gasteiger partial charge in [0, 0.05) is 30.0 Å². The molecule has 0 amide bonds. The first-order valence-electron chi connectivity index (χ1n) is 9.36. The Morgan fingerprint density at radius 3 is 2.67 bits per heavy atom. The summed E-state index contributed by atoms with van der Waals surface area (Å²) in [6.45, 7) is 4.30. The van der Waals surface area contributed by atoms with Crippen LogP contribution in [0.3, 0.4) is 0 Å². The number of nitrogens with zero attached hydrogens (tertiary/aromatic N) is 4. The highest BCUT2D eigenvalue weighted by atomic mass is 79.9. The fourth-order valence-corrected chi connectivity index (χ4v) is 4.45. The molecule has 0 saturated heterocycles. The van der Waals surface area contributed by atoms with Crippen LogP contribution in [0.1, 0.15) is 17.5 Å². The number of rotatable bonds is 7. The third-order valence-electron chi connectivity index (χ3n) is 4.79. The standard InChI is InChI=1S/C20H23BrN4O4S/c1-12-9-15(13(2)8-14(12)21)30-10-16(26)29-7-5-6-25-19(27)17-18(22-11-23(17)3)24(4)20(25)28/h8-9,11H,5-7,10H2,1-4H3. The molecular formula is C20H23BrN4O4S. The lowest BCUT2D eigenvalue weighted by molar-refractivity contribution is -0.140. The number of halogens is 1. The number of fused-ring (bicyclic) bond motifs is 1. The molecule has 160 valence electrons. The van der Waals surface area contributed by atoms with Gasteiger partial charge in [-0.3, -0.25) is 18.7 Å². The van der Waals surface area contributed by atoms with Gasteiger partial charge in [0.1, 0.15) is 0 Å². The highest BCUT2D eigenvalue weighted by Crippen LogP contribution is 2.28. The van der Waals surface area contributed by atoms with Crippen LogP contribution < -0.4 is 11.2 Å². The molecule has 30 heavy (non-hydrogen) atoms. The smallest absolute Gasteiger partial charge is 0.332 e. The van der Waals surface area contributed by atoms with Gasteiger partial charge in [-0.15, -0.1) is 11.8 Å². The Morgan fingerprint density at radius 2 is 1.93 bits per heavy atom. The predicted octanol–water partition coefficient (Wildman–Crippen LogP) is 2.54. The quantitative estimate of drug-likeness (QED) is 0.285. The molecule has 0 spiro atoms. The second-order valence-corrected chi connectivity index (χ2v) is 8.93. The van der Waals surface area contributed by atoms with Gasteiger partial charge >= 0.3 is 11.7 Å². The Morgan fingerprint density at radius 1 is 1.20 bits per heavy atom. The van der Waals surface area contributed by atoms with Crippen molar-refractivity contribution in [1.82, 2.24) is 18.7 Å². The molecule has 10 heteroatoms. The molecule has 0 bridgehead atoms. The van der Waals surface area contributed by atoms with Crippen molar-refractivity contribution in [3.8, 4) is 0 Å². The van der Waals surface area contributed by atoms with Crippen LogP contribution in [0, 0.1) is 13.8 Å². The Kier molecular flexibility index (Phi) is 6.87. The van der Waals surface area contributed by atoms with Crippen LogP contribution in [0.5, 0.6) is 0 Å². The second-order valence-electron chi connectivity index (χ2n) is 7.06. The van der Waals surface area contributed by atoms with Crippen LogP contribution in [0.4, 0.5) is 0 Å². The predicted molar refractivity (Wildman–Crippen MR) is 120 cm³/mol. The number of carbonyl (C=O) groups is 1. The molecular weight excluding hydrogens is 472 g/mol. The Bertz CT molecular complexity index is 1230. The van der Waals surface area contributed by atoms with Crippen molar-refractivity contribution in [3.63, 3.8) is 0 Å². The van der Waals surface area contributed by atoms with Crippen LogP contribution in [0.25, 0.3) is 11.2 Å². The zero-order chi connectivity index (χ0) is 22.0. The van der Waals surface area contributed by atoms with E-state index in [4.69, 9.17) is 4.74 Å². The summed E-state index contributed by atoms with van der Waals surface area (Å²) in [5, 5.41) is 0. The van der Waals surface area contributed by atoms with E-state index in [1.807, 2.05) is 26.0 Å². The van der Waals surface area contributed by atoms with Crippen LogP contribution >= 0.6 is 27.7 Å². The van der Waals surface area contributed by atoms with Gasteiger partial charge in [0.25, 0.3) is 5.56 Å². The SMILES string of the molecule is Cc1cc(SCC(=O)OCCCn2c(=O)c3c(ncn3C)n(C)c2=O)c(C)cc1Br. The van der Waals surface area contributed by atoms with E-state index in [-0.39, 0.29) is 24.9 Å². The van der Waals surface area contributed by atoms with Gasteiger partial charge in [-0.05, 0) is 43.5 Å². The van der Waals surface area contributed by atoms with Crippen LogP contribution in [-0.2, 0) is 30.2 Å². The van der Waals surface area contributed by atoms with E-state index >= 15 is 0 Å². The van der Waals surface area contributed by atoms with E-state index in [1.54, 1.807) is 18.7 Å². The highest BCUT2D eigenvalue weighted by Gasteiger charge is 2.15. The molecule has 0 radical (unpaired) electrons. The van der Waals surface area contributed by atoms with Gasteiger partial charge < -0.3 is 9.30 Å². The van der Waals surface area contributed by atoms with Crippen molar-refractivity contribution in [3.05, 3.63) is 54.9 Å². The minimum absolute atomic E-state index is 0.136. The molecule has 8 nitrogen and oxygen atoms in total. The molecule has 0 aliphatic heterocycles. The first-order valence-corrected chi connectivity index (χ1v) is 11.1. The summed E-state index contributed by atoms with van der Waals surface area (Å²) in [5.74, 6) is -0.132. The molecule has 0 fully saturated rings. The second kappa shape index (κ2) is 9.22. The van der Waals surface area contributed by atoms with Gasteiger partial charge in [-0.25, -0.2) is 9.78 Å². The third kappa shape index (κ3) is 4.54. The first-order chi connectivity index (χ1) is 14.2. The number of hydrogen-bond acceptors (Lipinski definition) is 6. The lowest BCUT2D eigenvalue weighted by Gasteiger charge is -2.10. The third-order valence-corrected chi connectivity index (χ3v) is 6.78. The fraction of sp³-hybridized carbons (Fsp3) is 0.400. The number of aryl methyl sites for hydroxylation is 4. The molecule has 0 atom stereocenters. The fourth-order valence-electron chi connectivity index (χ4n) is 3.09. The summed E-state index contributed by atoms with van der Waals surface area (Å²) in [6, 6.07) is 4.06. The largest absolute Gasteiger partial charge is 0.465 e. The Labute approximate surface area is 186 Å². The van der Waals surface area contributed by atoms with Crippen molar-refractivity contribution in [2.45, 2.75) is 31.7 Å². The summed E-state index contributed by atoms with van der Waals surface area (Å²) in [4.78, 5) is 42.3. The molecule has 2 aromatic heterocycles. The van der Waals surface area contributed by atoms with Gasteiger partial charge in [0.05, 0.1) is 18.7 Å². The summed E-state index contributed by atoms with van der Waals surface area (Å²) in [6.07, 6.45) is 1.87. The van der Waals surface area contributed by atoms with E-state index in [9.17, 15) is 14.4 Å². The molecule has 0 saturated carbocycles. The Hall–Kier alpha value is -2.33. The number of hydrogen-bond donors (Lipinski definition) is 0. The lowest BCUT2D eigenvalue weighted by atomic mass is 10.2. The number of ether oxygens (including phenoxy) is 1. The van der Waals surface area contributed by atoms with Crippen LogP contribution in [0.15, 0.2) is 37.4 Å². The molecule has 0 aliphatic carbocycles. The van der Waals surface area contributed by atoms with Crippen molar-refractivity contribution >= 4 is 44.8 Å². The normalized spacial score (nSPS) is 11.2. The van der Waals surface area contributed by atoms with E-state index in [0.29, 0.717) is 17.6 Å². The van der Waals surface area contributed by atoms with Gasteiger partial charge in [-0.1, -0.05) is 15.9 Å². The highest BCUT2D eigenvalue weighted by molar-refractivity contribution is 9.10. The van der Waals surface area contributed by atoms with E-state index in [1.165, 1.54) is 22.7 Å². The van der Waals surface area contributed by atoms with Gasteiger partial charge in [0.15, 0.2) is 11.2 Å². The topological polar surface area (TPSA) is 88.1 Å². The summed E-state index contributed by atoms with van der Waals surface area (Å²) >= 11 is 4.93. The molecule has 3 aromatic rings. The molecule has 1 aromatic carbocycles. The average Bonchev–Trinajstić information content (AvgIpc) is 3.09. The minimum atomic E-state index is -0.436. The van der Waals surface area contributed by atoms with Crippen LogP contribution in [-0.4, -0.2) is 37.0 Å². The van der Waals surface area contributed by atoms with E-state index in [2.05, 4.69) is 20.9 Å². The number of aromatic nitrogens is 4. The maximum Gasteiger partial charge on any atom is 0.332 e. The minimum Gasteiger partial charge on any atom is -0.465 e. The molecule has 2 heterocycles. The number of carbonyl (C=O) groups excluding carboxylic acids is 1. The van der Waals surface area contributed by atoms with Crippen molar-refractivity contribution in [1.29, 1.82) is 0 Å². The average molecular weight is 495 g/mol. The summed E-state index contributed by atoms with van der Waals surface area (Å²) < 4.78 is 10.4.